The number of allylic oxidation sites excluding steroid dienone is 6. The Balaban J connectivity index is 0.000000349. The topological polar surface area (TPSA) is 12.4 Å². The molecule has 0 aromatic heterocycles. The van der Waals surface area contributed by atoms with E-state index in [1.165, 1.54) is 45.4 Å². The molecule has 0 amide bonds. The third kappa shape index (κ3) is 11.3. The molecule has 0 bridgehead atoms. The molecule has 0 heterocycles. The van der Waals surface area contributed by atoms with E-state index in [4.69, 9.17) is 0 Å². The highest BCUT2D eigenvalue weighted by atomic mass is 14.7. The summed E-state index contributed by atoms with van der Waals surface area (Å²) in [5, 5.41) is 0. The first-order chi connectivity index (χ1) is 22.4. The molecule has 2 atom stereocenters. The first-order valence-corrected chi connectivity index (χ1v) is 16.4. The van der Waals surface area contributed by atoms with Crippen molar-refractivity contribution in [3.8, 4) is 0 Å². The highest BCUT2D eigenvalue weighted by Crippen LogP contribution is 2.49. The Hall–Kier alpha value is -4.75. The summed E-state index contributed by atoms with van der Waals surface area (Å²) in [4.78, 5) is 4.52. The van der Waals surface area contributed by atoms with Gasteiger partial charge in [-0.25, -0.2) is 0 Å². The normalized spacial score (nSPS) is 15.6. The van der Waals surface area contributed by atoms with Gasteiger partial charge in [0.2, 0.25) is 0 Å². The Morgan fingerprint density at radius 1 is 0.652 bits per heavy atom. The number of benzene rings is 4. The molecule has 238 valence electrons. The van der Waals surface area contributed by atoms with Gasteiger partial charge in [0.05, 0.1) is 5.70 Å². The monoisotopic (exact) mass is 607 g/mol. The average Bonchev–Trinajstić information content (AvgIpc) is 3.09. The van der Waals surface area contributed by atoms with E-state index < -0.39 is 0 Å². The fraction of sp³-hybridized carbons (Fsp3) is 0.222. The van der Waals surface area contributed by atoms with Crippen LogP contribution in [0, 0.1) is 25.7 Å². The van der Waals surface area contributed by atoms with Gasteiger partial charge < -0.3 is 0 Å². The molecule has 0 saturated heterocycles. The molecule has 1 heteroatoms. The Labute approximate surface area is 280 Å². The zero-order valence-electron chi connectivity index (χ0n) is 28.9. The van der Waals surface area contributed by atoms with Gasteiger partial charge in [-0.05, 0) is 55.2 Å². The third-order valence-corrected chi connectivity index (χ3v) is 7.60. The summed E-state index contributed by atoms with van der Waals surface area (Å²) in [7, 11) is 0. The van der Waals surface area contributed by atoms with Gasteiger partial charge in [0, 0.05) is 11.5 Å². The first-order valence-electron chi connectivity index (χ1n) is 16.4. The molecule has 4 aromatic carbocycles. The van der Waals surface area contributed by atoms with Gasteiger partial charge in [-0.15, -0.1) is 0 Å². The number of aliphatic imine (C=N–C) groups is 1. The van der Waals surface area contributed by atoms with Crippen LogP contribution < -0.4 is 0 Å². The zero-order valence-corrected chi connectivity index (χ0v) is 28.9. The van der Waals surface area contributed by atoms with Crippen LogP contribution in [0.2, 0.25) is 0 Å². The summed E-state index contributed by atoms with van der Waals surface area (Å²) in [6.07, 6.45) is 8.45. The fourth-order valence-electron chi connectivity index (χ4n) is 5.32. The number of hydrogen-bond acceptors (Lipinski definition) is 1. The van der Waals surface area contributed by atoms with Gasteiger partial charge in [-0.3, -0.25) is 4.99 Å². The number of rotatable bonds is 7. The van der Waals surface area contributed by atoms with Gasteiger partial charge in [0.15, 0.2) is 0 Å². The van der Waals surface area contributed by atoms with Crippen molar-refractivity contribution in [1.29, 1.82) is 0 Å². The zero-order chi connectivity index (χ0) is 33.7. The van der Waals surface area contributed by atoms with E-state index in [-0.39, 0.29) is 11.8 Å². The standard InChI is InChI=1S/C28H29N.2C7H8.C3H8/c1-6-21(7-2)19-25-20(4)26(22-15-11-9-12-16-22)24(8-3)28(29-5)27(25)23-17-13-10-14-18-23;2*1-7-5-3-2-4-6-7;1-3-2/h6,8-20,25H,1,3,5,7H2,2,4H3;2*2-6H,1H3;3H2,1-2H3/b21-19+;;;. The molecular weight excluding hydrogens is 555 g/mol. The van der Waals surface area contributed by atoms with Crippen molar-refractivity contribution in [2.75, 3.05) is 0 Å². The summed E-state index contributed by atoms with van der Waals surface area (Å²) in [6.45, 7) is 25.0. The lowest BCUT2D eigenvalue weighted by molar-refractivity contribution is 0.627. The van der Waals surface area contributed by atoms with E-state index in [0.717, 1.165) is 17.7 Å². The molecule has 1 aliphatic rings. The number of nitrogens with zero attached hydrogens (tertiary/aromatic N) is 1. The molecule has 0 aliphatic heterocycles. The van der Waals surface area contributed by atoms with Gasteiger partial charge in [-0.1, -0.05) is 204 Å². The van der Waals surface area contributed by atoms with Crippen LogP contribution in [-0.2, 0) is 0 Å². The van der Waals surface area contributed by atoms with Crippen molar-refractivity contribution in [1.82, 2.24) is 0 Å². The summed E-state index contributed by atoms with van der Waals surface area (Å²) >= 11 is 0. The van der Waals surface area contributed by atoms with Crippen molar-refractivity contribution in [2.24, 2.45) is 16.8 Å². The van der Waals surface area contributed by atoms with Crippen LogP contribution in [0.1, 0.15) is 62.8 Å². The van der Waals surface area contributed by atoms with Crippen LogP contribution in [0.5, 0.6) is 0 Å². The Morgan fingerprint density at radius 3 is 1.35 bits per heavy atom. The average molecular weight is 608 g/mol. The second-order valence-electron chi connectivity index (χ2n) is 11.3. The molecule has 0 N–H and O–H groups in total. The van der Waals surface area contributed by atoms with Crippen LogP contribution in [0.4, 0.5) is 0 Å². The predicted octanol–water partition coefficient (Wildman–Crippen LogP) is 12.9. The largest absolute Gasteiger partial charge is 0.264 e. The highest BCUT2D eigenvalue weighted by molar-refractivity contribution is 5.89. The van der Waals surface area contributed by atoms with Gasteiger partial charge >= 0.3 is 0 Å². The number of aryl methyl sites for hydroxylation is 2. The van der Waals surface area contributed by atoms with E-state index in [2.05, 4.69) is 145 Å². The maximum atomic E-state index is 4.52. The molecule has 4 aromatic rings. The van der Waals surface area contributed by atoms with Gasteiger partial charge in [0.25, 0.3) is 0 Å². The van der Waals surface area contributed by atoms with Gasteiger partial charge in [-0.2, -0.15) is 0 Å². The van der Waals surface area contributed by atoms with E-state index in [1.54, 1.807) is 0 Å². The predicted molar refractivity (Wildman–Crippen MR) is 206 cm³/mol. The van der Waals surface area contributed by atoms with Gasteiger partial charge in [0.1, 0.15) is 0 Å². The molecule has 2 unspecified atom stereocenters. The number of hydrogen-bond donors (Lipinski definition) is 0. The Morgan fingerprint density at radius 2 is 1.04 bits per heavy atom. The van der Waals surface area contributed by atoms with Crippen molar-refractivity contribution < 1.29 is 0 Å². The lowest BCUT2D eigenvalue weighted by Gasteiger charge is -2.35. The lowest BCUT2D eigenvalue weighted by Crippen LogP contribution is -2.21. The minimum absolute atomic E-state index is 0.171. The molecule has 0 saturated carbocycles. The fourth-order valence-corrected chi connectivity index (χ4v) is 5.32. The minimum atomic E-state index is 0.171. The second-order valence-corrected chi connectivity index (χ2v) is 11.3. The van der Waals surface area contributed by atoms with Crippen molar-refractivity contribution in [3.63, 3.8) is 0 Å². The summed E-state index contributed by atoms with van der Waals surface area (Å²) in [6, 6.07) is 41.6. The molecule has 46 heavy (non-hydrogen) atoms. The molecule has 0 spiro atoms. The lowest BCUT2D eigenvalue weighted by atomic mass is 9.69. The quantitative estimate of drug-likeness (QED) is 0.146. The molecule has 0 radical (unpaired) electrons. The molecule has 0 fully saturated rings. The van der Waals surface area contributed by atoms with Crippen molar-refractivity contribution in [2.45, 2.75) is 54.4 Å². The van der Waals surface area contributed by atoms with E-state index >= 15 is 0 Å². The summed E-state index contributed by atoms with van der Waals surface area (Å²) < 4.78 is 0. The van der Waals surface area contributed by atoms with Crippen LogP contribution in [-0.4, -0.2) is 6.72 Å². The van der Waals surface area contributed by atoms with Crippen molar-refractivity contribution in [3.05, 3.63) is 192 Å². The second kappa shape index (κ2) is 21.1. The molecular formula is C45H53N. The smallest absolute Gasteiger partial charge is 0.0741 e. The van der Waals surface area contributed by atoms with Crippen LogP contribution in [0.3, 0.4) is 0 Å². The summed E-state index contributed by atoms with van der Waals surface area (Å²) in [5.74, 6) is 0.428. The van der Waals surface area contributed by atoms with Crippen molar-refractivity contribution >= 4 is 17.9 Å². The minimum Gasteiger partial charge on any atom is -0.264 e. The van der Waals surface area contributed by atoms with Crippen LogP contribution in [0.15, 0.2) is 175 Å². The Kier molecular flexibility index (Phi) is 17.1. The summed E-state index contributed by atoms with van der Waals surface area (Å²) in [5.41, 5.74) is 10.7. The van der Waals surface area contributed by atoms with E-state index in [9.17, 15) is 0 Å². The van der Waals surface area contributed by atoms with Crippen LogP contribution in [0.25, 0.3) is 11.1 Å². The van der Waals surface area contributed by atoms with E-state index in [1.807, 2.05) is 60.7 Å². The maximum absolute atomic E-state index is 4.52. The first kappa shape index (κ1) is 37.4. The van der Waals surface area contributed by atoms with E-state index in [0.29, 0.717) is 0 Å². The molecule has 5 rings (SSSR count). The third-order valence-electron chi connectivity index (χ3n) is 7.60. The SMILES string of the molecule is C=CC1=C(c2ccccc2)C(C)C(/C=C(\C=C)CC)C(c2ccccc2)=C1N=C.CCC.Cc1ccccc1.Cc1ccccc1. The van der Waals surface area contributed by atoms with Crippen LogP contribution >= 0.6 is 0 Å². The molecule has 1 aliphatic carbocycles. The Bertz CT molecular complexity index is 1520. The molecule has 1 nitrogen and oxygen atoms in total. The maximum Gasteiger partial charge on any atom is 0.0741 e. The highest BCUT2D eigenvalue weighted by Gasteiger charge is 2.34.